The largest absolute Gasteiger partial charge is 0.347 e. The summed E-state index contributed by atoms with van der Waals surface area (Å²) in [5.41, 5.74) is -0.803. The fourth-order valence-electron chi connectivity index (χ4n) is 0.696. The molecule has 0 bridgehead atoms. The van der Waals surface area contributed by atoms with E-state index in [2.05, 4.69) is 5.32 Å². The first-order valence-corrected chi connectivity index (χ1v) is 7.60. The van der Waals surface area contributed by atoms with Crippen LogP contribution in [0.5, 0.6) is 0 Å². The van der Waals surface area contributed by atoms with Gasteiger partial charge in [0.05, 0.1) is 5.54 Å². The predicted molar refractivity (Wildman–Crippen MR) is 66.9 cm³/mol. The van der Waals surface area contributed by atoms with Gasteiger partial charge in [-0.05, 0) is 20.8 Å². The molecule has 4 nitrogen and oxygen atoms in total. The summed E-state index contributed by atoms with van der Waals surface area (Å²) in [5.74, 6) is -0.372. The van der Waals surface area contributed by atoms with Gasteiger partial charge < -0.3 is 5.32 Å². The number of hydrogen-bond acceptors (Lipinski definition) is 3. The van der Waals surface area contributed by atoms with Crippen molar-refractivity contribution in [3.05, 3.63) is 0 Å². The molecule has 0 aliphatic carbocycles. The van der Waals surface area contributed by atoms with Crippen molar-refractivity contribution in [1.82, 2.24) is 5.32 Å². The summed E-state index contributed by atoms with van der Waals surface area (Å²) in [4.78, 5) is 11.8. The van der Waals surface area contributed by atoms with E-state index in [1.807, 2.05) is 0 Å². The van der Waals surface area contributed by atoms with E-state index in [0.717, 1.165) is 6.26 Å². The topological polar surface area (TPSA) is 63.2 Å². The van der Waals surface area contributed by atoms with Crippen LogP contribution in [-0.4, -0.2) is 42.6 Å². The molecule has 7 heteroatoms. The summed E-state index contributed by atoms with van der Waals surface area (Å²) in [5, 5.41) is 2.56. The third-order valence-electron chi connectivity index (χ3n) is 2.48. The second-order valence-corrected chi connectivity index (χ2v) is 7.66. The summed E-state index contributed by atoms with van der Waals surface area (Å²) in [7, 11) is -3.49. The van der Waals surface area contributed by atoms with Gasteiger partial charge in [0.15, 0.2) is 9.84 Å². The second-order valence-electron chi connectivity index (χ2n) is 4.56. The van der Waals surface area contributed by atoms with Crippen molar-refractivity contribution >= 4 is 38.9 Å². The van der Waals surface area contributed by atoms with Gasteiger partial charge in [-0.25, -0.2) is 8.42 Å². The molecule has 0 radical (unpaired) electrons. The molecule has 0 unspecified atom stereocenters. The number of carbonyl (C=O) groups is 1. The summed E-state index contributed by atoms with van der Waals surface area (Å²) >= 11 is 11.3. The van der Waals surface area contributed by atoms with Crippen LogP contribution in [0.25, 0.3) is 0 Å². The summed E-state index contributed by atoms with van der Waals surface area (Å²) in [6.45, 7) is 4.35. The Hall–Kier alpha value is -0.000000000000000111. The third-order valence-corrected chi connectivity index (χ3v) is 5.70. The molecule has 0 aliphatic heterocycles. The monoisotopic (exact) mass is 289 g/mol. The molecule has 0 heterocycles. The Balaban J connectivity index is 4.98. The molecule has 0 rings (SSSR count). The summed E-state index contributed by atoms with van der Waals surface area (Å²) in [6.07, 6.45) is 1.02. The van der Waals surface area contributed by atoms with Crippen molar-refractivity contribution in [1.29, 1.82) is 0 Å². The van der Waals surface area contributed by atoms with Crippen molar-refractivity contribution in [2.75, 3.05) is 18.0 Å². The summed E-state index contributed by atoms with van der Waals surface area (Å²) < 4.78 is 21.4. The molecule has 0 aromatic carbocycles. The van der Waals surface area contributed by atoms with E-state index in [0.29, 0.717) is 0 Å². The van der Waals surface area contributed by atoms with Crippen molar-refractivity contribution in [3.8, 4) is 0 Å². The van der Waals surface area contributed by atoms with Crippen LogP contribution in [0, 0.1) is 0 Å². The lowest BCUT2D eigenvalue weighted by atomic mass is 10.1. The fraction of sp³-hybridized carbons (Fsp3) is 0.889. The Morgan fingerprint density at radius 2 is 1.56 bits per heavy atom. The number of carbonyl (C=O) groups excluding carboxylic acids is 1. The summed E-state index contributed by atoms with van der Waals surface area (Å²) in [6, 6.07) is 0. The van der Waals surface area contributed by atoms with Gasteiger partial charge in [-0.1, -0.05) is 0 Å². The normalized spacial score (nSPS) is 13.6. The maximum Gasteiger partial charge on any atom is 0.241 e. The maximum atomic E-state index is 11.8. The van der Waals surface area contributed by atoms with E-state index in [4.69, 9.17) is 23.2 Å². The first-order valence-electron chi connectivity index (χ1n) is 4.64. The number of amides is 1. The smallest absolute Gasteiger partial charge is 0.241 e. The molecule has 0 aromatic heterocycles. The lowest BCUT2D eigenvalue weighted by molar-refractivity contribution is -0.124. The number of halogens is 2. The number of rotatable bonds is 5. The van der Waals surface area contributed by atoms with E-state index in [1.54, 1.807) is 6.92 Å². The van der Waals surface area contributed by atoms with Gasteiger partial charge in [-0.15, -0.1) is 23.2 Å². The van der Waals surface area contributed by atoms with Crippen LogP contribution < -0.4 is 5.32 Å². The molecule has 0 spiro atoms. The second kappa shape index (κ2) is 5.10. The van der Waals surface area contributed by atoms with Gasteiger partial charge in [0.25, 0.3) is 0 Å². The SMILES string of the molecule is CC(CCl)(CCl)NC(=O)C(C)(C)S(C)(=O)=O. The Kier molecular flexibility index (Phi) is 5.10. The highest BCUT2D eigenvalue weighted by Gasteiger charge is 2.41. The van der Waals surface area contributed by atoms with Crippen molar-refractivity contribution in [2.45, 2.75) is 31.1 Å². The molecular formula is C9H17Cl2NO3S. The standard InChI is InChI=1S/C9H17Cl2NO3S/c1-8(2,16(4,14)15)7(13)12-9(3,5-10)6-11/h5-6H2,1-4H3,(H,12,13). The number of alkyl halides is 2. The molecule has 0 aliphatic rings. The number of sulfone groups is 1. The van der Waals surface area contributed by atoms with E-state index >= 15 is 0 Å². The van der Waals surface area contributed by atoms with Gasteiger partial charge in [0.2, 0.25) is 5.91 Å². The maximum absolute atomic E-state index is 11.8. The zero-order valence-corrected chi connectivity index (χ0v) is 12.1. The fourth-order valence-corrected chi connectivity index (χ4v) is 1.50. The minimum absolute atomic E-state index is 0.113. The van der Waals surface area contributed by atoms with Crippen molar-refractivity contribution < 1.29 is 13.2 Å². The van der Waals surface area contributed by atoms with E-state index < -0.39 is 26.0 Å². The first-order chi connectivity index (χ1) is 7.00. The Morgan fingerprint density at radius 3 is 1.81 bits per heavy atom. The van der Waals surface area contributed by atoms with Gasteiger partial charge in [0, 0.05) is 18.0 Å². The van der Waals surface area contributed by atoms with Crippen LogP contribution in [0.1, 0.15) is 20.8 Å². The van der Waals surface area contributed by atoms with Crippen LogP contribution in [0.3, 0.4) is 0 Å². The van der Waals surface area contributed by atoms with E-state index in [9.17, 15) is 13.2 Å². The molecule has 96 valence electrons. The van der Waals surface area contributed by atoms with Crippen LogP contribution >= 0.6 is 23.2 Å². The van der Waals surface area contributed by atoms with Gasteiger partial charge in [0.1, 0.15) is 4.75 Å². The van der Waals surface area contributed by atoms with Crippen LogP contribution in [0.4, 0.5) is 0 Å². The minimum Gasteiger partial charge on any atom is -0.347 e. The van der Waals surface area contributed by atoms with Crippen LogP contribution in [-0.2, 0) is 14.6 Å². The Morgan fingerprint density at radius 1 is 1.19 bits per heavy atom. The molecule has 0 saturated carbocycles. The first kappa shape index (κ1) is 16.0. The highest BCUT2D eigenvalue weighted by molar-refractivity contribution is 7.92. The molecule has 0 saturated heterocycles. The van der Waals surface area contributed by atoms with Gasteiger partial charge in [-0.2, -0.15) is 0 Å². The zero-order valence-electron chi connectivity index (χ0n) is 9.80. The Labute approximate surface area is 107 Å². The van der Waals surface area contributed by atoms with Crippen molar-refractivity contribution in [3.63, 3.8) is 0 Å². The van der Waals surface area contributed by atoms with Crippen LogP contribution in [0.2, 0.25) is 0 Å². The van der Waals surface area contributed by atoms with Crippen molar-refractivity contribution in [2.24, 2.45) is 0 Å². The zero-order chi connectivity index (χ0) is 13.2. The molecule has 1 amide bonds. The van der Waals surface area contributed by atoms with E-state index in [-0.39, 0.29) is 11.8 Å². The molecule has 16 heavy (non-hydrogen) atoms. The average molecular weight is 290 g/mol. The molecule has 0 atom stereocenters. The number of nitrogens with one attached hydrogen (secondary N) is 1. The Bertz CT molecular complexity index is 361. The number of hydrogen-bond donors (Lipinski definition) is 1. The minimum atomic E-state index is -3.49. The molecule has 0 fully saturated rings. The predicted octanol–water partition coefficient (Wildman–Crippen LogP) is 1.16. The molecular weight excluding hydrogens is 273 g/mol. The molecule has 0 aromatic rings. The van der Waals surface area contributed by atoms with Gasteiger partial charge >= 0.3 is 0 Å². The highest BCUT2D eigenvalue weighted by Crippen LogP contribution is 2.18. The molecule has 1 N–H and O–H groups in total. The van der Waals surface area contributed by atoms with E-state index in [1.165, 1.54) is 13.8 Å². The highest BCUT2D eigenvalue weighted by atomic mass is 35.5. The average Bonchev–Trinajstić information content (AvgIpc) is 2.15. The quantitative estimate of drug-likeness (QED) is 0.773. The lowest BCUT2D eigenvalue weighted by Gasteiger charge is -2.31. The van der Waals surface area contributed by atoms with Gasteiger partial charge in [-0.3, -0.25) is 4.79 Å². The lowest BCUT2D eigenvalue weighted by Crippen LogP contribution is -2.57. The third kappa shape index (κ3) is 3.50. The van der Waals surface area contributed by atoms with Crippen LogP contribution in [0.15, 0.2) is 0 Å².